The van der Waals surface area contributed by atoms with Gasteiger partial charge in [0.25, 0.3) is 0 Å². The first-order valence-electron chi connectivity index (χ1n) is 5.63. The van der Waals surface area contributed by atoms with Crippen LogP contribution in [0.1, 0.15) is 12.5 Å². The number of carbonyl (C=O) groups is 1. The van der Waals surface area contributed by atoms with Gasteiger partial charge in [0.1, 0.15) is 18.4 Å². The van der Waals surface area contributed by atoms with Gasteiger partial charge < -0.3 is 9.84 Å². The van der Waals surface area contributed by atoms with Gasteiger partial charge in [-0.1, -0.05) is 17.7 Å². The van der Waals surface area contributed by atoms with Crippen LogP contribution in [-0.4, -0.2) is 42.2 Å². The number of hydrogen-bond acceptors (Lipinski definition) is 3. The summed E-state index contributed by atoms with van der Waals surface area (Å²) in [6.45, 7) is 4.75. The second kappa shape index (κ2) is 6.25. The Kier molecular flexibility index (Phi) is 4.97. The third-order valence-electron chi connectivity index (χ3n) is 2.75. The van der Waals surface area contributed by atoms with Crippen molar-refractivity contribution in [2.45, 2.75) is 19.9 Å². The fourth-order valence-corrected chi connectivity index (χ4v) is 1.32. The van der Waals surface area contributed by atoms with Crippen LogP contribution in [0.3, 0.4) is 0 Å². The van der Waals surface area contributed by atoms with Crippen LogP contribution in [0.25, 0.3) is 0 Å². The molecular formula is C13H19NO3. The van der Waals surface area contributed by atoms with Crippen LogP contribution in [0.2, 0.25) is 0 Å². The van der Waals surface area contributed by atoms with E-state index in [4.69, 9.17) is 9.84 Å². The van der Waals surface area contributed by atoms with Gasteiger partial charge in [-0.2, -0.15) is 0 Å². The average molecular weight is 237 g/mol. The Labute approximate surface area is 102 Å². The van der Waals surface area contributed by atoms with E-state index in [0.717, 1.165) is 5.75 Å². The lowest BCUT2D eigenvalue weighted by Gasteiger charge is -2.20. The number of rotatable bonds is 6. The minimum Gasteiger partial charge on any atom is -0.492 e. The van der Waals surface area contributed by atoms with Crippen molar-refractivity contribution < 1.29 is 14.6 Å². The number of nitrogens with zero attached hydrogens (tertiary/aromatic N) is 1. The Morgan fingerprint density at radius 3 is 2.53 bits per heavy atom. The van der Waals surface area contributed by atoms with Crippen molar-refractivity contribution in [3.05, 3.63) is 29.8 Å². The summed E-state index contributed by atoms with van der Waals surface area (Å²) in [5, 5.41) is 8.82. The van der Waals surface area contributed by atoms with Gasteiger partial charge in [0, 0.05) is 6.54 Å². The van der Waals surface area contributed by atoms with E-state index in [1.165, 1.54) is 5.56 Å². The van der Waals surface area contributed by atoms with Crippen molar-refractivity contribution in [1.29, 1.82) is 0 Å². The normalized spacial score (nSPS) is 12.5. The van der Waals surface area contributed by atoms with E-state index in [-0.39, 0.29) is 0 Å². The molecule has 0 bridgehead atoms. The van der Waals surface area contributed by atoms with Gasteiger partial charge >= 0.3 is 5.97 Å². The van der Waals surface area contributed by atoms with Gasteiger partial charge in [-0.15, -0.1) is 0 Å². The molecule has 0 saturated heterocycles. The Morgan fingerprint density at radius 2 is 2.00 bits per heavy atom. The maximum Gasteiger partial charge on any atom is 0.320 e. The highest BCUT2D eigenvalue weighted by molar-refractivity contribution is 5.72. The minimum atomic E-state index is -0.817. The van der Waals surface area contributed by atoms with Gasteiger partial charge in [-0.3, -0.25) is 9.69 Å². The minimum absolute atomic E-state index is 0.483. The molecule has 1 rings (SSSR count). The van der Waals surface area contributed by atoms with E-state index in [9.17, 15) is 4.79 Å². The summed E-state index contributed by atoms with van der Waals surface area (Å²) >= 11 is 0. The fourth-order valence-electron chi connectivity index (χ4n) is 1.32. The number of benzene rings is 1. The number of aryl methyl sites for hydroxylation is 1. The van der Waals surface area contributed by atoms with Crippen LogP contribution < -0.4 is 4.74 Å². The van der Waals surface area contributed by atoms with Crippen molar-refractivity contribution in [3.8, 4) is 5.75 Å². The molecule has 0 saturated carbocycles. The van der Waals surface area contributed by atoms with Gasteiger partial charge in [-0.25, -0.2) is 0 Å². The molecule has 0 amide bonds. The first-order valence-corrected chi connectivity index (χ1v) is 5.63. The predicted molar refractivity (Wildman–Crippen MR) is 66.4 cm³/mol. The molecule has 1 aromatic rings. The quantitative estimate of drug-likeness (QED) is 0.819. The molecule has 0 aromatic heterocycles. The molecule has 0 spiro atoms. The molecule has 0 fully saturated rings. The van der Waals surface area contributed by atoms with E-state index < -0.39 is 12.0 Å². The first kappa shape index (κ1) is 13.5. The van der Waals surface area contributed by atoms with Crippen molar-refractivity contribution in [2.24, 2.45) is 0 Å². The molecule has 94 valence electrons. The van der Waals surface area contributed by atoms with Crippen LogP contribution in [0.4, 0.5) is 0 Å². The molecule has 4 nitrogen and oxygen atoms in total. The summed E-state index contributed by atoms with van der Waals surface area (Å²) < 4.78 is 5.53. The van der Waals surface area contributed by atoms with E-state index in [1.807, 2.05) is 31.2 Å². The second-order valence-corrected chi connectivity index (χ2v) is 4.16. The summed E-state index contributed by atoms with van der Waals surface area (Å²) in [6.07, 6.45) is 0. The summed E-state index contributed by atoms with van der Waals surface area (Å²) in [6, 6.07) is 7.31. The zero-order valence-corrected chi connectivity index (χ0v) is 10.5. The number of carboxylic acid groups (broad SMARTS) is 1. The van der Waals surface area contributed by atoms with Crippen molar-refractivity contribution in [2.75, 3.05) is 20.2 Å². The van der Waals surface area contributed by atoms with E-state index in [0.29, 0.717) is 13.2 Å². The van der Waals surface area contributed by atoms with Crippen molar-refractivity contribution in [3.63, 3.8) is 0 Å². The number of ether oxygens (including phenoxy) is 1. The zero-order valence-electron chi connectivity index (χ0n) is 10.5. The smallest absolute Gasteiger partial charge is 0.320 e. The SMILES string of the molecule is Cc1ccc(OCCN(C)C(C)C(=O)O)cc1. The second-order valence-electron chi connectivity index (χ2n) is 4.16. The fraction of sp³-hybridized carbons (Fsp3) is 0.462. The maximum atomic E-state index is 10.7. The number of hydrogen-bond donors (Lipinski definition) is 1. The predicted octanol–water partition coefficient (Wildman–Crippen LogP) is 1.78. The molecule has 1 unspecified atom stereocenters. The molecule has 0 heterocycles. The molecule has 1 aromatic carbocycles. The average Bonchev–Trinajstić information content (AvgIpc) is 2.30. The first-order chi connectivity index (χ1) is 8.00. The number of aliphatic carboxylic acids is 1. The third kappa shape index (κ3) is 4.44. The lowest BCUT2D eigenvalue weighted by atomic mass is 10.2. The van der Waals surface area contributed by atoms with Gasteiger partial charge in [0.2, 0.25) is 0 Å². The molecule has 0 aliphatic carbocycles. The van der Waals surface area contributed by atoms with Crippen LogP contribution in [-0.2, 0) is 4.79 Å². The Bertz CT molecular complexity index is 361. The molecule has 0 radical (unpaired) electrons. The Hall–Kier alpha value is -1.55. The van der Waals surface area contributed by atoms with Crippen LogP contribution in [0, 0.1) is 6.92 Å². The van der Waals surface area contributed by atoms with Gasteiger partial charge in [0.15, 0.2) is 0 Å². The van der Waals surface area contributed by atoms with Crippen LogP contribution in [0.5, 0.6) is 5.75 Å². The Balaban J connectivity index is 2.32. The van der Waals surface area contributed by atoms with Crippen molar-refractivity contribution in [1.82, 2.24) is 4.90 Å². The van der Waals surface area contributed by atoms with E-state index >= 15 is 0 Å². The molecular weight excluding hydrogens is 218 g/mol. The topological polar surface area (TPSA) is 49.8 Å². The molecule has 1 atom stereocenters. The lowest BCUT2D eigenvalue weighted by molar-refractivity contribution is -0.142. The summed E-state index contributed by atoms with van der Waals surface area (Å²) in [5.74, 6) is -0.00480. The van der Waals surface area contributed by atoms with Crippen molar-refractivity contribution >= 4 is 5.97 Å². The van der Waals surface area contributed by atoms with E-state index in [2.05, 4.69) is 0 Å². The summed E-state index contributed by atoms with van der Waals surface area (Å²) in [7, 11) is 1.78. The third-order valence-corrected chi connectivity index (χ3v) is 2.75. The lowest BCUT2D eigenvalue weighted by Crippen LogP contribution is -2.38. The maximum absolute atomic E-state index is 10.7. The number of carboxylic acids is 1. The number of likely N-dealkylation sites (N-methyl/N-ethyl adjacent to an activating group) is 1. The monoisotopic (exact) mass is 237 g/mol. The highest BCUT2D eigenvalue weighted by atomic mass is 16.5. The highest BCUT2D eigenvalue weighted by Crippen LogP contribution is 2.11. The van der Waals surface area contributed by atoms with Crippen LogP contribution >= 0.6 is 0 Å². The highest BCUT2D eigenvalue weighted by Gasteiger charge is 2.15. The molecule has 1 N–H and O–H groups in total. The van der Waals surface area contributed by atoms with E-state index in [1.54, 1.807) is 18.9 Å². The Morgan fingerprint density at radius 1 is 1.41 bits per heavy atom. The summed E-state index contributed by atoms with van der Waals surface area (Å²) in [4.78, 5) is 12.5. The zero-order chi connectivity index (χ0) is 12.8. The van der Waals surface area contributed by atoms with Crippen LogP contribution in [0.15, 0.2) is 24.3 Å². The molecule has 0 aliphatic rings. The molecule has 0 aliphatic heterocycles. The van der Waals surface area contributed by atoms with Gasteiger partial charge in [-0.05, 0) is 33.0 Å². The molecule has 17 heavy (non-hydrogen) atoms. The standard InChI is InChI=1S/C13H19NO3/c1-10-4-6-12(7-5-10)17-9-8-14(3)11(2)13(15)16/h4-7,11H,8-9H2,1-3H3,(H,15,16). The molecule has 4 heteroatoms. The summed E-state index contributed by atoms with van der Waals surface area (Å²) in [5.41, 5.74) is 1.19. The largest absolute Gasteiger partial charge is 0.492 e. The van der Waals surface area contributed by atoms with Gasteiger partial charge in [0.05, 0.1) is 0 Å².